The summed E-state index contributed by atoms with van der Waals surface area (Å²) in [5.74, 6) is 0.530. The molecule has 1 aromatic heterocycles. The topological polar surface area (TPSA) is 64.4 Å². The summed E-state index contributed by atoms with van der Waals surface area (Å²) < 4.78 is 11.4. The van der Waals surface area contributed by atoms with Gasteiger partial charge in [-0.05, 0) is 61.4 Å². The Balaban J connectivity index is 1.54. The molecular weight excluding hydrogens is 423 g/mol. The molecule has 0 aliphatic carbocycles. The van der Waals surface area contributed by atoms with Gasteiger partial charge in [-0.25, -0.2) is 4.98 Å². The van der Waals surface area contributed by atoms with Gasteiger partial charge in [-0.15, -0.1) is 0 Å². The van der Waals surface area contributed by atoms with Crippen molar-refractivity contribution in [2.24, 2.45) is 0 Å². The number of carbonyl (C=O) groups excluding carboxylic acids is 1. The van der Waals surface area contributed by atoms with Crippen molar-refractivity contribution in [2.45, 2.75) is 13.8 Å². The van der Waals surface area contributed by atoms with Crippen LogP contribution in [0.25, 0.3) is 22.6 Å². The number of aromatic nitrogens is 1. The highest BCUT2D eigenvalue weighted by molar-refractivity contribution is 6.34. The second kappa shape index (κ2) is 8.38. The fraction of sp³-hybridized carbons (Fsp3) is 0.130. The molecule has 0 unspecified atom stereocenters. The molecule has 0 saturated heterocycles. The summed E-state index contributed by atoms with van der Waals surface area (Å²) in [5, 5.41) is 3.59. The molecule has 1 heterocycles. The summed E-state index contributed by atoms with van der Waals surface area (Å²) >= 11 is 12.3. The van der Waals surface area contributed by atoms with Crippen molar-refractivity contribution in [2.75, 3.05) is 11.9 Å². The first-order valence-corrected chi connectivity index (χ1v) is 10.0. The first kappa shape index (κ1) is 20.3. The van der Waals surface area contributed by atoms with E-state index in [0.29, 0.717) is 32.9 Å². The molecule has 0 saturated carbocycles. The Labute approximate surface area is 183 Å². The number of anilines is 1. The lowest BCUT2D eigenvalue weighted by Crippen LogP contribution is -2.20. The van der Waals surface area contributed by atoms with Gasteiger partial charge in [-0.2, -0.15) is 0 Å². The van der Waals surface area contributed by atoms with E-state index >= 15 is 0 Å². The van der Waals surface area contributed by atoms with Crippen LogP contribution in [0.4, 0.5) is 5.69 Å². The Kier molecular flexibility index (Phi) is 5.66. The Morgan fingerprint density at radius 3 is 2.67 bits per heavy atom. The molecular formula is C23H18Cl2N2O3. The van der Waals surface area contributed by atoms with Gasteiger partial charge in [0.2, 0.25) is 5.89 Å². The summed E-state index contributed by atoms with van der Waals surface area (Å²) in [6.45, 7) is 3.80. The Morgan fingerprint density at radius 2 is 1.87 bits per heavy atom. The van der Waals surface area contributed by atoms with Crippen LogP contribution in [0, 0.1) is 13.8 Å². The van der Waals surface area contributed by atoms with E-state index in [4.69, 9.17) is 32.4 Å². The fourth-order valence-electron chi connectivity index (χ4n) is 3.15. The third-order valence-electron chi connectivity index (χ3n) is 4.50. The number of hydrogen-bond acceptors (Lipinski definition) is 4. The number of nitrogens with one attached hydrogen (secondary N) is 1. The summed E-state index contributed by atoms with van der Waals surface area (Å²) in [6.07, 6.45) is 0. The maximum absolute atomic E-state index is 12.3. The normalized spacial score (nSPS) is 10.9. The average Bonchev–Trinajstić information content (AvgIpc) is 3.13. The minimum Gasteiger partial charge on any atom is -0.482 e. The monoisotopic (exact) mass is 440 g/mol. The Bertz CT molecular complexity index is 1250. The van der Waals surface area contributed by atoms with E-state index in [1.807, 2.05) is 26.0 Å². The van der Waals surface area contributed by atoms with Gasteiger partial charge in [-0.1, -0.05) is 41.4 Å². The van der Waals surface area contributed by atoms with E-state index in [1.165, 1.54) is 0 Å². The standard InChI is InChI=1S/C23H18Cl2N2O3/c1-13-9-14(2)22-19(10-13)27-23(30-22)15-7-8-16(24)18(11-15)26-21(28)12-29-20-6-4-3-5-17(20)25/h3-11H,12H2,1-2H3,(H,26,28). The minimum absolute atomic E-state index is 0.203. The van der Waals surface area contributed by atoms with Crippen LogP contribution >= 0.6 is 23.2 Å². The number of benzene rings is 3. The zero-order valence-corrected chi connectivity index (χ0v) is 17.8. The van der Waals surface area contributed by atoms with Gasteiger partial charge < -0.3 is 14.5 Å². The third-order valence-corrected chi connectivity index (χ3v) is 5.14. The molecule has 1 amide bonds. The lowest BCUT2D eigenvalue weighted by atomic mass is 10.1. The first-order valence-electron chi connectivity index (χ1n) is 9.25. The second-order valence-electron chi connectivity index (χ2n) is 6.91. The molecule has 0 bridgehead atoms. The number of halogens is 2. The van der Waals surface area contributed by atoms with Crippen molar-refractivity contribution >= 4 is 45.9 Å². The lowest BCUT2D eigenvalue weighted by molar-refractivity contribution is -0.118. The maximum Gasteiger partial charge on any atom is 0.262 e. The van der Waals surface area contributed by atoms with E-state index in [-0.39, 0.29) is 12.5 Å². The number of fused-ring (bicyclic) bond motifs is 1. The summed E-state index contributed by atoms with van der Waals surface area (Å²) in [5.41, 5.74) is 4.80. The highest BCUT2D eigenvalue weighted by atomic mass is 35.5. The summed E-state index contributed by atoms with van der Waals surface area (Å²) in [4.78, 5) is 16.9. The van der Waals surface area contributed by atoms with E-state index in [2.05, 4.69) is 10.3 Å². The molecule has 0 radical (unpaired) electrons. The SMILES string of the molecule is Cc1cc(C)c2oc(-c3ccc(Cl)c(NC(=O)COc4ccccc4Cl)c3)nc2c1. The van der Waals surface area contributed by atoms with E-state index in [1.54, 1.807) is 42.5 Å². The molecule has 3 aromatic carbocycles. The molecule has 0 aliphatic heterocycles. The molecule has 4 aromatic rings. The number of amides is 1. The fourth-order valence-corrected chi connectivity index (χ4v) is 3.50. The van der Waals surface area contributed by atoms with Gasteiger partial charge in [0.15, 0.2) is 12.2 Å². The highest BCUT2D eigenvalue weighted by Crippen LogP contribution is 2.32. The van der Waals surface area contributed by atoms with Gasteiger partial charge in [-0.3, -0.25) is 4.79 Å². The van der Waals surface area contributed by atoms with E-state index in [9.17, 15) is 4.79 Å². The average molecular weight is 441 g/mol. The number of nitrogens with zero attached hydrogens (tertiary/aromatic N) is 1. The molecule has 4 rings (SSSR count). The molecule has 30 heavy (non-hydrogen) atoms. The van der Waals surface area contributed by atoms with Crippen LogP contribution in [0.1, 0.15) is 11.1 Å². The summed E-state index contributed by atoms with van der Waals surface area (Å²) in [6, 6.07) is 16.2. The van der Waals surface area contributed by atoms with Gasteiger partial charge in [0, 0.05) is 5.56 Å². The summed E-state index contributed by atoms with van der Waals surface area (Å²) in [7, 11) is 0. The Morgan fingerprint density at radius 1 is 1.07 bits per heavy atom. The Hall–Kier alpha value is -3.02. The second-order valence-corrected chi connectivity index (χ2v) is 7.73. The molecule has 0 fully saturated rings. The van der Waals surface area contributed by atoms with Gasteiger partial charge in [0.05, 0.1) is 15.7 Å². The minimum atomic E-state index is -0.363. The van der Waals surface area contributed by atoms with Crippen LogP contribution in [-0.4, -0.2) is 17.5 Å². The van der Waals surface area contributed by atoms with Gasteiger partial charge in [0.1, 0.15) is 11.3 Å². The largest absolute Gasteiger partial charge is 0.482 e. The van der Waals surface area contributed by atoms with E-state index in [0.717, 1.165) is 22.2 Å². The van der Waals surface area contributed by atoms with Crippen LogP contribution in [0.15, 0.2) is 59.0 Å². The van der Waals surface area contributed by atoms with Crippen LogP contribution < -0.4 is 10.1 Å². The number of carbonyl (C=O) groups is 1. The van der Waals surface area contributed by atoms with E-state index < -0.39 is 0 Å². The quantitative estimate of drug-likeness (QED) is 0.387. The highest BCUT2D eigenvalue weighted by Gasteiger charge is 2.14. The molecule has 0 atom stereocenters. The van der Waals surface area contributed by atoms with Crippen molar-refractivity contribution in [3.05, 3.63) is 75.8 Å². The number of rotatable bonds is 5. The van der Waals surface area contributed by atoms with Crippen molar-refractivity contribution in [1.82, 2.24) is 4.98 Å². The zero-order chi connectivity index (χ0) is 21.3. The number of hydrogen-bond donors (Lipinski definition) is 1. The van der Waals surface area contributed by atoms with Gasteiger partial charge in [0.25, 0.3) is 5.91 Å². The van der Waals surface area contributed by atoms with Crippen LogP contribution in [0.3, 0.4) is 0 Å². The van der Waals surface area contributed by atoms with Crippen molar-refractivity contribution < 1.29 is 13.9 Å². The van der Waals surface area contributed by atoms with Crippen LogP contribution in [-0.2, 0) is 4.79 Å². The molecule has 152 valence electrons. The molecule has 1 N–H and O–H groups in total. The number of oxazole rings is 1. The molecule has 7 heteroatoms. The predicted octanol–water partition coefficient (Wildman–Crippen LogP) is 6.44. The third kappa shape index (κ3) is 4.27. The lowest BCUT2D eigenvalue weighted by Gasteiger charge is -2.10. The zero-order valence-electron chi connectivity index (χ0n) is 16.3. The van der Waals surface area contributed by atoms with Crippen LogP contribution in [0.5, 0.6) is 5.75 Å². The predicted molar refractivity (Wildman–Crippen MR) is 120 cm³/mol. The van der Waals surface area contributed by atoms with Crippen molar-refractivity contribution in [1.29, 1.82) is 0 Å². The number of aryl methyl sites for hydroxylation is 2. The van der Waals surface area contributed by atoms with Gasteiger partial charge >= 0.3 is 0 Å². The molecule has 0 aliphatic rings. The first-order chi connectivity index (χ1) is 14.4. The smallest absolute Gasteiger partial charge is 0.262 e. The maximum atomic E-state index is 12.3. The van der Waals surface area contributed by atoms with Crippen molar-refractivity contribution in [3.63, 3.8) is 0 Å². The number of para-hydroxylation sites is 1. The van der Waals surface area contributed by atoms with Crippen LogP contribution in [0.2, 0.25) is 10.0 Å². The van der Waals surface area contributed by atoms with Crippen molar-refractivity contribution in [3.8, 4) is 17.2 Å². The number of ether oxygens (including phenoxy) is 1. The molecule has 5 nitrogen and oxygen atoms in total. The molecule has 0 spiro atoms.